The predicted molar refractivity (Wildman–Crippen MR) is 41.1 cm³/mol. The van der Waals surface area contributed by atoms with E-state index >= 15 is 0 Å². The van der Waals surface area contributed by atoms with E-state index in [0.29, 0.717) is 0 Å². The van der Waals surface area contributed by atoms with Gasteiger partial charge in [0.1, 0.15) is 12.4 Å². The fourth-order valence-electron chi connectivity index (χ4n) is 0.741. The first-order chi connectivity index (χ1) is 5.07. The van der Waals surface area contributed by atoms with Crippen molar-refractivity contribution < 1.29 is 14.3 Å². The zero-order chi connectivity index (χ0) is 8.85. The average Bonchev–Trinajstić information content (AvgIpc) is 1.87. The molecule has 0 aromatic heterocycles. The van der Waals surface area contributed by atoms with Gasteiger partial charge in [-0.05, 0) is 13.3 Å². The fraction of sp³-hybridized carbons (Fsp3) is 0.750. The number of rotatable bonds is 4. The molecule has 0 aromatic carbocycles. The molecule has 0 saturated carbocycles. The summed E-state index contributed by atoms with van der Waals surface area (Å²) in [4.78, 5) is 21.1. The van der Waals surface area contributed by atoms with Crippen molar-refractivity contribution >= 4 is 11.8 Å². The molecule has 0 fully saturated rings. The molecule has 1 atom stereocenters. The Hall–Kier alpha value is -0.860. The molecular formula is C8H14O3. The van der Waals surface area contributed by atoms with Crippen LogP contribution < -0.4 is 0 Å². The molecule has 0 saturated heterocycles. The quantitative estimate of drug-likeness (QED) is 0.577. The molecule has 0 aliphatic carbocycles. The Balaban J connectivity index is 3.70. The van der Waals surface area contributed by atoms with Gasteiger partial charge < -0.3 is 4.74 Å². The molecular weight excluding hydrogens is 144 g/mol. The number of ether oxygens (including phenoxy) is 1. The Labute approximate surface area is 66.7 Å². The Morgan fingerprint density at radius 2 is 1.91 bits per heavy atom. The van der Waals surface area contributed by atoms with E-state index in [1.807, 2.05) is 6.92 Å². The highest BCUT2D eigenvalue weighted by Gasteiger charge is 2.12. The number of carbonyl (C=O) groups excluding carboxylic acids is 2. The number of ketones is 1. The van der Waals surface area contributed by atoms with Gasteiger partial charge in [0.15, 0.2) is 0 Å². The van der Waals surface area contributed by atoms with Crippen molar-refractivity contribution in [3.63, 3.8) is 0 Å². The van der Waals surface area contributed by atoms with Crippen LogP contribution in [0.4, 0.5) is 0 Å². The van der Waals surface area contributed by atoms with Gasteiger partial charge in [-0.3, -0.25) is 9.59 Å². The fourth-order valence-corrected chi connectivity index (χ4v) is 0.741. The molecule has 64 valence electrons. The summed E-state index contributed by atoms with van der Waals surface area (Å²) in [5.74, 6) is -0.377. The third-order valence-electron chi connectivity index (χ3n) is 1.56. The molecule has 0 rings (SSSR count). The van der Waals surface area contributed by atoms with Crippen LogP contribution in [-0.4, -0.2) is 18.4 Å². The maximum atomic E-state index is 10.8. The smallest absolute Gasteiger partial charge is 0.302 e. The Kier molecular flexibility index (Phi) is 4.50. The van der Waals surface area contributed by atoms with Crippen molar-refractivity contribution in [2.45, 2.75) is 27.2 Å². The van der Waals surface area contributed by atoms with E-state index in [1.165, 1.54) is 13.8 Å². The van der Waals surface area contributed by atoms with Gasteiger partial charge in [0, 0.05) is 6.92 Å². The van der Waals surface area contributed by atoms with E-state index in [1.54, 1.807) is 0 Å². The Morgan fingerprint density at radius 3 is 2.18 bits per heavy atom. The lowest BCUT2D eigenvalue weighted by molar-refractivity contribution is -0.143. The molecule has 0 radical (unpaired) electrons. The maximum Gasteiger partial charge on any atom is 0.302 e. The van der Waals surface area contributed by atoms with Crippen molar-refractivity contribution in [2.75, 3.05) is 6.61 Å². The van der Waals surface area contributed by atoms with Gasteiger partial charge in [-0.25, -0.2) is 0 Å². The minimum absolute atomic E-state index is 0.0775. The first-order valence-electron chi connectivity index (χ1n) is 3.71. The lowest BCUT2D eigenvalue weighted by Gasteiger charge is -2.09. The minimum Gasteiger partial charge on any atom is -0.465 e. The van der Waals surface area contributed by atoms with Gasteiger partial charge in [0.05, 0.1) is 5.92 Å². The van der Waals surface area contributed by atoms with E-state index in [9.17, 15) is 9.59 Å². The van der Waals surface area contributed by atoms with Crippen LogP contribution >= 0.6 is 0 Å². The molecule has 11 heavy (non-hydrogen) atoms. The Morgan fingerprint density at radius 1 is 1.36 bits per heavy atom. The lowest BCUT2D eigenvalue weighted by atomic mass is 10.0. The third kappa shape index (κ3) is 4.53. The first kappa shape index (κ1) is 10.1. The summed E-state index contributed by atoms with van der Waals surface area (Å²) in [5.41, 5.74) is 0. The second kappa shape index (κ2) is 4.88. The summed E-state index contributed by atoms with van der Waals surface area (Å²) < 4.78 is 4.70. The summed E-state index contributed by atoms with van der Waals surface area (Å²) in [7, 11) is 0. The number of esters is 1. The molecule has 0 aliphatic heterocycles. The zero-order valence-corrected chi connectivity index (χ0v) is 7.22. The van der Waals surface area contributed by atoms with Gasteiger partial charge in [0.25, 0.3) is 0 Å². The van der Waals surface area contributed by atoms with Gasteiger partial charge in [-0.1, -0.05) is 6.92 Å². The monoisotopic (exact) mass is 158 g/mol. The maximum absolute atomic E-state index is 10.8. The van der Waals surface area contributed by atoms with Crippen LogP contribution in [0.25, 0.3) is 0 Å². The summed E-state index contributed by atoms with van der Waals surface area (Å²) in [5, 5.41) is 0. The third-order valence-corrected chi connectivity index (χ3v) is 1.56. The SMILES string of the molecule is CCC(COC(C)=O)C(C)=O. The van der Waals surface area contributed by atoms with Crippen LogP contribution in [0.5, 0.6) is 0 Å². The molecule has 0 bridgehead atoms. The molecule has 3 heteroatoms. The highest BCUT2D eigenvalue weighted by Crippen LogP contribution is 2.04. The van der Waals surface area contributed by atoms with E-state index in [0.717, 1.165) is 6.42 Å². The number of hydrogen-bond donors (Lipinski definition) is 0. The van der Waals surface area contributed by atoms with E-state index in [-0.39, 0.29) is 24.3 Å². The Bertz CT molecular complexity index is 151. The predicted octanol–water partition coefficient (Wildman–Crippen LogP) is 1.16. The van der Waals surface area contributed by atoms with Crippen LogP contribution in [-0.2, 0) is 14.3 Å². The molecule has 0 amide bonds. The molecule has 0 heterocycles. The largest absolute Gasteiger partial charge is 0.465 e. The number of hydrogen-bond acceptors (Lipinski definition) is 3. The van der Waals surface area contributed by atoms with E-state index < -0.39 is 0 Å². The molecule has 0 aliphatic rings. The van der Waals surface area contributed by atoms with Crippen molar-refractivity contribution in [3.8, 4) is 0 Å². The van der Waals surface area contributed by atoms with E-state index in [4.69, 9.17) is 4.74 Å². The summed E-state index contributed by atoms with van der Waals surface area (Å²) in [6.45, 7) is 4.97. The second-order valence-electron chi connectivity index (χ2n) is 2.52. The van der Waals surface area contributed by atoms with Gasteiger partial charge in [0.2, 0.25) is 0 Å². The molecule has 0 spiro atoms. The van der Waals surface area contributed by atoms with Crippen LogP contribution in [0.2, 0.25) is 0 Å². The van der Waals surface area contributed by atoms with Crippen molar-refractivity contribution in [1.82, 2.24) is 0 Å². The number of carbonyl (C=O) groups is 2. The van der Waals surface area contributed by atoms with Crippen molar-refractivity contribution in [2.24, 2.45) is 5.92 Å². The minimum atomic E-state index is -0.329. The highest BCUT2D eigenvalue weighted by atomic mass is 16.5. The highest BCUT2D eigenvalue weighted by molar-refractivity contribution is 5.78. The van der Waals surface area contributed by atoms with E-state index in [2.05, 4.69) is 0 Å². The van der Waals surface area contributed by atoms with Crippen molar-refractivity contribution in [1.29, 1.82) is 0 Å². The zero-order valence-electron chi connectivity index (χ0n) is 7.22. The van der Waals surface area contributed by atoms with Crippen LogP contribution in [0.1, 0.15) is 27.2 Å². The second-order valence-corrected chi connectivity index (χ2v) is 2.52. The molecule has 0 aromatic rings. The molecule has 3 nitrogen and oxygen atoms in total. The lowest BCUT2D eigenvalue weighted by Crippen LogP contribution is -2.18. The molecule has 1 unspecified atom stereocenters. The van der Waals surface area contributed by atoms with Crippen molar-refractivity contribution in [3.05, 3.63) is 0 Å². The summed E-state index contributed by atoms with van der Waals surface area (Å²) in [6.07, 6.45) is 0.725. The molecule has 0 N–H and O–H groups in total. The van der Waals surface area contributed by atoms with Crippen LogP contribution in [0, 0.1) is 5.92 Å². The summed E-state index contributed by atoms with van der Waals surface area (Å²) >= 11 is 0. The normalized spacial score (nSPS) is 12.3. The van der Waals surface area contributed by atoms with Crippen LogP contribution in [0.3, 0.4) is 0 Å². The van der Waals surface area contributed by atoms with Crippen LogP contribution in [0.15, 0.2) is 0 Å². The van der Waals surface area contributed by atoms with Gasteiger partial charge >= 0.3 is 5.97 Å². The summed E-state index contributed by atoms with van der Waals surface area (Å²) in [6, 6.07) is 0. The first-order valence-corrected chi connectivity index (χ1v) is 3.71. The topological polar surface area (TPSA) is 43.4 Å². The van der Waals surface area contributed by atoms with Gasteiger partial charge in [-0.2, -0.15) is 0 Å². The standard InChI is InChI=1S/C8H14O3/c1-4-8(6(2)9)5-11-7(3)10/h8H,4-5H2,1-3H3. The average molecular weight is 158 g/mol. The van der Waals surface area contributed by atoms with Gasteiger partial charge in [-0.15, -0.1) is 0 Å². The number of Topliss-reactive ketones (excluding diaryl/α,β-unsaturated/α-hetero) is 1.